The zero-order valence-corrected chi connectivity index (χ0v) is 18.5. The Bertz CT molecular complexity index is 789. The summed E-state index contributed by atoms with van der Waals surface area (Å²) in [4.78, 5) is 16.4. The van der Waals surface area contributed by atoms with Gasteiger partial charge in [0.15, 0.2) is 5.75 Å². The van der Waals surface area contributed by atoms with E-state index in [1.54, 1.807) is 6.20 Å². The number of pyridine rings is 1. The molecule has 0 aliphatic heterocycles. The molecule has 1 aromatic heterocycles. The summed E-state index contributed by atoms with van der Waals surface area (Å²) < 4.78 is 5.53. The lowest BCUT2D eigenvalue weighted by Crippen LogP contribution is -2.08. The Kier molecular flexibility index (Phi) is 12.3. The number of hydrogen-bond acceptors (Lipinski definition) is 3. The van der Waals surface area contributed by atoms with Gasteiger partial charge < -0.3 is 4.74 Å². The fourth-order valence-electron chi connectivity index (χ4n) is 3.41. The number of fused-ring (bicyclic) bond motifs is 1. The molecule has 0 fully saturated rings. The first-order chi connectivity index (χ1) is 14.8. The summed E-state index contributed by atoms with van der Waals surface area (Å²) in [5.74, 6) is 0.388. The number of benzene rings is 1. The van der Waals surface area contributed by atoms with Crippen molar-refractivity contribution >= 4 is 16.9 Å². The molecule has 3 heteroatoms. The molecule has 0 saturated heterocycles. The maximum Gasteiger partial charge on any atom is 0.311 e. The highest BCUT2D eigenvalue weighted by atomic mass is 16.5. The van der Waals surface area contributed by atoms with Crippen LogP contribution >= 0.6 is 0 Å². The highest BCUT2D eigenvalue weighted by Crippen LogP contribution is 2.23. The van der Waals surface area contributed by atoms with Crippen molar-refractivity contribution in [3.8, 4) is 5.75 Å². The first kappa shape index (κ1) is 23.9. The number of esters is 1. The van der Waals surface area contributed by atoms with E-state index < -0.39 is 0 Å². The molecule has 0 N–H and O–H groups in total. The van der Waals surface area contributed by atoms with Crippen molar-refractivity contribution in [3.05, 3.63) is 60.8 Å². The van der Waals surface area contributed by atoms with Gasteiger partial charge in [-0.3, -0.25) is 9.78 Å². The van der Waals surface area contributed by atoms with E-state index in [2.05, 4.69) is 36.2 Å². The maximum atomic E-state index is 12.1. The first-order valence-corrected chi connectivity index (χ1v) is 11.7. The molecule has 0 aliphatic rings. The Morgan fingerprint density at radius 1 is 0.867 bits per heavy atom. The molecule has 0 spiro atoms. The predicted molar refractivity (Wildman–Crippen MR) is 127 cm³/mol. The van der Waals surface area contributed by atoms with E-state index in [1.165, 1.54) is 44.9 Å². The second-order valence-electron chi connectivity index (χ2n) is 7.79. The zero-order valence-electron chi connectivity index (χ0n) is 18.5. The normalized spacial score (nSPS) is 11.6. The quantitative estimate of drug-likeness (QED) is 0.130. The van der Waals surface area contributed by atoms with Crippen LogP contribution in [0.5, 0.6) is 5.75 Å². The Hall–Kier alpha value is -2.42. The van der Waals surface area contributed by atoms with Crippen LogP contribution in [0.15, 0.2) is 60.8 Å². The molecule has 0 bridgehead atoms. The standard InChI is InChI=1S/C27H37NO2/c1-2-3-4-5-6-7-8-9-10-11-12-13-14-15-16-22-26(29)30-25-21-17-19-24-20-18-23-28-27(24)25/h6-7,9-10,17-21,23H,2-5,8,11-16,22H2,1H3/b7-6-,10-9-. The van der Waals surface area contributed by atoms with E-state index in [1.807, 2.05) is 30.3 Å². The Balaban J connectivity index is 1.48. The SMILES string of the molecule is CCCCC/C=C\C/C=C\CCCCCCCC(=O)Oc1cccc2cccnc12. The number of nitrogens with zero attached hydrogens (tertiary/aromatic N) is 1. The molecule has 0 amide bonds. The van der Waals surface area contributed by atoms with Crippen LogP contribution in [-0.4, -0.2) is 11.0 Å². The molecule has 0 radical (unpaired) electrons. The minimum Gasteiger partial charge on any atom is -0.424 e. The van der Waals surface area contributed by atoms with Crippen molar-refractivity contribution < 1.29 is 9.53 Å². The number of carbonyl (C=O) groups excluding carboxylic acids is 1. The monoisotopic (exact) mass is 407 g/mol. The van der Waals surface area contributed by atoms with Crippen LogP contribution in [0.3, 0.4) is 0 Å². The molecule has 0 atom stereocenters. The van der Waals surface area contributed by atoms with E-state index >= 15 is 0 Å². The molecule has 2 rings (SSSR count). The van der Waals surface area contributed by atoms with Crippen molar-refractivity contribution in [2.75, 3.05) is 0 Å². The van der Waals surface area contributed by atoms with Gasteiger partial charge in [0.25, 0.3) is 0 Å². The lowest BCUT2D eigenvalue weighted by Gasteiger charge is -2.07. The molecule has 1 aromatic carbocycles. The highest BCUT2D eigenvalue weighted by molar-refractivity contribution is 5.86. The number of unbranched alkanes of at least 4 members (excludes halogenated alkanes) is 8. The summed E-state index contributed by atoms with van der Waals surface area (Å²) in [6.45, 7) is 2.24. The fraction of sp³-hybridized carbons (Fsp3) is 0.481. The number of allylic oxidation sites excluding steroid dienone is 4. The lowest BCUT2D eigenvalue weighted by molar-refractivity contribution is -0.134. The predicted octanol–water partition coefficient (Wildman–Crippen LogP) is 7.95. The van der Waals surface area contributed by atoms with Crippen molar-refractivity contribution in [1.29, 1.82) is 0 Å². The second kappa shape index (κ2) is 15.4. The molecule has 162 valence electrons. The van der Waals surface area contributed by atoms with E-state index in [4.69, 9.17) is 4.74 Å². The molecule has 0 aliphatic carbocycles. The second-order valence-corrected chi connectivity index (χ2v) is 7.79. The van der Waals surface area contributed by atoms with E-state index in [9.17, 15) is 4.79 Å². The summed E-state index contributed by atoms with van der Waals surface area (Å²) in [5.41, 5.74) is 0.744. The van der Waals surface area contributed by atoms with Gasteiger partial charge in [-0.25, -0.2) is 0 Å². The highest BCUT2D eigenvalue weighted by Gasteiger charge is 2.08. The number of rotatable bonds is 15. The van der Waals surface area contributed by atoms with Gasteiger partial charge in [0.05, 0.1) is 0 Å². The van der Waals surface area contributed by atoms with Crippen molar-refractivity contribution in [3.63, 3.8) is 0 Å². The molecular formula is C27H37NO2. The van der Waals surface area contributed by atoms with Crippen LogP contribution in [-0.2, 0) is 4.79 Å². The van der Waals surface area contributed by atoms with Crippen LogP contribution in [0.1, 0.15) is 84.0 Å². The largest absolute Gasteiger partial charge is 0.424 e. The Labute approximate surface area is 182 Å². The number of ether oxygens (including phenoxy) is 1. The van der Waals surface area contributed by atoms with Gasteiger partial charge in [-0.05, 0) is 50.7 Å². The average Bonchev–Trinajstić information content (AvgIpc) is 2.76. The molecular weight excluding hydrogens is 370 g/mol. The van der Waals surface area contributed by atoms with Gasteiger partial charge in [-0.1, -0.05) is 81.5 Å². The number of hydrogen-bond donors (Lipinski definition) is 0. The van der Waals surface area contributed by atoms with Crippen LogP contribution < -0.4 is 4.74 Å². The average molecular weight is 408 g/mol. The lowest BCUT2D eigenvalue weighted by atomic mass is 10.1. The fourth-order valence-corrected chi connectivity index (χ4v) is 3.41. The molecule has 2 aromatic rings. The Morgan fingerprint density at radius 3 is 2.37 bits per heavy atom. The van der Waals surface area contributed by atoms with Gasteiger partial charge >= 0.3 is 5.97 Å². The zero-order chi connectivity index (χ0) is 21.3. The van der Waals surface area contributed by atoms with E-state index in [-0.39, 0.29) is 5.97 Å². The summed E-state index contributed by atoms with van der Waals surface area (Å²) in [5, 5.41) is 0.986. The van der Waals surface area contributed by atoms with E-state index in [0.717, 1.165) is 36.6 Å². The van der Waals surface area contributed by atoms with Crippen LogP contribution in [0, 0.1) is 0 Å². The minimum atomic E-state index is -0.168. The minimum absolute atomic E-state index is 0.168. The van der Waals surface area contributed by atoms with Crippen LogP contribution in [0.2, 0.25) is 0 Å². The topological polar surface area (TPSA) is 39.2 Å². The van der Waals surface area contributed by atoms with Crippen molar-refractivity contribution in [1.82, 2.24) is 4.98 Å². The number of aromatic nitrogens is 1. The van der Waals surface area contributed by atoms with Gasteiger partial charge in [-0.15, -0.1) is 0 Å². The van der Waals surface area contributed by atoms with Crippen molar-refractivity contribution in [2.45, 2.75) is 84.0 Å². The number of para-hydroxylation sites is 1. The summed E-state index contributed by atoms with van der Waals surface area (Å²) >= 11 is 0. The van der Waals surface area contributed by atoms with Crippen LogP contribution in [0.25, 0.3) is 10.9 Å². The third kappa shape index (κ3) is 9.87. The van der Waals surface area contributed by atoms with E-state index in [0.29, 0.717) is 12.2 Å². The molecule has 30 heavy (non-hydrogen) atoms. The first-order valence-electron chi connectivity index (χ1n) is 11.7. The third-order valence-electron chi connectivity index (χ3n) is 5.15. The Morgan fingerprint density at radius 2 is 1.57 bits per heavy atom. The maximum absolute atomic E-state index is 12.1. The van der Waals surface area contributed by atoms with Crippen molar-refractivity contribution in [2.24, 2.45) is 0 Å². The van der Waals surface area contributed by atoms with Gasteiger partial charge in [0, 0.05) is 18.0 Å². The van der Waals surface area contributed by atoms with Gasteiger partial charge in [0.1, 0.15) is 5.52 Å². The summed E-state index contributed by atoms with van der Waals surface area (Å²) in [6, 6.07) is 9.53. The van der Waals surface area contributed by atoms with Crippen LogP contribution in [0.4, 0.5) is 0 Å². The number of carbonyl (C=O) groups is 1. The smallest absolute Gasteiger partial charge is 0.311 e. The molecule has 3 nitrogen and oxygen atoms in total. The van der Waals surface area contributed by atoms with Gasteiger partial charge in [-0.2, -0.15) is 0 Å². The molecule has 0 saturated carbocycles. The summed E-state index contributed by atoms with van der Waals surface area (Å²) in [6.07, 6.45) is 24.3. The third-order valence-corrected chi connectivity index (χ3v) is 5.15. The molecule has 0 unspecified atom stereocenters. The molecule has 1 heterocycles. The van der Waals surface area contributed by atoms with Gasteiger partial charge in [0.2, 0.25) is 0 Å². The summed E-state index contributed by atoms with van der Waals surface area (Å²) in [7, 11) is 0.